The average Bonchev–Trinajstić information content (AvgIpc) is 2.87. The molecule has 34 heavy (non-hydrogen) atoms. The van der Waals surface area contributed by atoms with Crippen LogP contribution in [0.5, 0.6) is 11.5 Å². The third-order valence-electron chi connectivity index (χ3n) is 4.80. The summed E-state index contributed by atoms with van der Waals surface area (Å²) in [4.78, 5) is 25.6. The summed E-state index contributed by atoms with van der Waals surface area (Å²) >= 11 is 0. The number of hydrogen-bond acceptors (Lipinski definition) is 5. The lowest BCUT2D eigenvalue weighted by molar-refractivity contribution is -0.117. The highest BCUT2D eigenvalue weighted by Gasteiger charge is 2.15. The minimum absolute atomic E-state index is 0.0401. The highest BCUT2D eigenvalue weighted by molar-refractivity contribution is 6.06. The van der Waals surface area contributed by atoms with E-state index < -0.39 is 11.8 Å². The van der Waals surface area contributed by atoms with Crippen molar-refractivity contribution in [2.24, 2.45) is 5.10 Å². The topological polar surface area (TPSA) is 100 Å². The lowest BCUT2D eigenvalue weighted by atomic mass is 10.1. The minimum atomic E-state index is -0.575. The Hall–Kier alpha value is -4.39. The fourth-order valence-corrected chi connectivity index (χ4v) is 2.95. The molecule has 0 fully saturated rings. The fourth-order valence-electron chi connectivity index (χ4n) is 2.95. The Balaban J connectivity index is 1.82. The van der Waals surface area contributed by atoms with Gasteiger partial charge in [0.2, 0.25) is 0 Å². The van der Waals surface area contributed by atoms with E-state index in [1.807, 2.05) is 25.1 Å². The fraction of sp³-hybridized carbons (Fsp3) is 0.148. The maximum Gasteiger partial charge on any atom is 0.287 e. The monoisotopic (exact) mass is 457 g/mol. The van der Waals surface area contributed by atoms with Crippen LogP contribution in [0.3, 0.4) is 0 Å². The normalized spacial score (nSPS) is 11.6. The summed E-state index contributed by atoms with van der Waals surface area (Å²) in [6.45, 7) is 4.38. The largest absolute Gasteiger partial charge is 0.508 e. The van der Waals surface area contributed by atoms with Crippen molar-refractivity contribution in [3.63, 3.8) is 0 Å². The minimum Gasteiger partial charge on any atom is -0.508 e. The number of carbonyl (C=O) groups is 2. The third-order valence-corrected chi connectivity index (χ3v) is 4.80. The van der Waals surface area contributed by atoms with Crippen LogP contribution in [0.25, 0.3) is 6.08 Å². The molecule has 0 unspecified atom stereocenters. The molecule has 0 saturated heterocycles. The van der Waals surface area contributed by atoms with Crippen molar-refractivity contribution in [1.82, 2.24) is 10.7 Å². The van der Waals surface area contributed by atoms with Gasteiger partial charge in [-0.2, -0.15) is 5.10 Å². The van der Waals surface area contributed by atoms with Crippen molar-refractivity contribution in [3.8, 4) is 11.5 Å². The Bertz CT molecular complexity index is 1170. The molecule has 0 radical (unpaired) electrons. The maximum absolute atomic E-state index is 12.9. The number of nitrogens with one attached hydrogen (secondary N) is 2. The molecule has 3 aromatic rings. The van der Waals surface area contributed by atoms with Crippen LogP contribution >= 0.6 is 0 Å². The number of nitrogens with zero attached hydrogens (tertiary/aromatic N) is 1. The van der Waals surface area contributed by atoms with E-state index in [1.54, 1.807) is 61.5 Å². The van der Waals surface area contributed by atoms with Gasteiger partial charge >= 0.3 is 0 Å². The second-order valence-electron chi connectivity index (χ2n) is 7.48. The first-order valence-electron chi connectivity index (χ1n) is 10.9. The summed E-state index contributed by atoms with van der Waals surface area (Å²) in [5, 5.41) is 16.3. The molecule has 7 heteroatoms. The van der Waals surface area contributed by atoms with Crippen LogP contribution in [-0.2, 0) is 4.79 Å². The molecule has 3 aromatic carbocycles. The molecule has 0 saturated carbocycles. The molecule has 0 aromatic heterocycles. The molecule has 0 aliphatic heterocycles. The predicted molar refractivity (Wildman–Crippen MR) is 133 cm³/mol. The summed E-state index contributed by atoms with van der Waals surface area (Å²) in [6.07, 6.45) is 2.48. The number of hydrazone groups is 1. The Morgan fingerprint density at radius 1 is 0.941 bits per heavy atom. The van der Waals surface area contributed by atoms with Crippen LogP contribution in [0.1, 0.15) is 41.8 Å². The van der Waals surface area contributed by atoms with Crippen LogP contribution in [0.4, 0.5) is 0 Å². The Morgan fingerprint density at radius 3 is 2.26 bits per heavy atom. The van der Waals surface area contributed by atoms with Crippen molar-refractivity contribution in [2.75, 3.05) is 6.61 Å². The summed E-state index contributed by atoms with van der Waals surface area (Å²) in [6, 6.07) is 22.3. The summed E-state index contributed by atoms with van der Waals surface area (Å²) < 4.78 is 5.60. The van der Waals surface area contributed by atoms with Crippen molar-refractivity contribution in [2.45, 2.75) is 20.3 Å². The van der Waals surface area contributed by atoms with E-state index in [4.69, 9.17) is 4.74 Å². The van der Waals surface area contributed by atoms with Gasteiger partial charge < -0.3 is 15.2 Å². The van der Waals surface area contributed by atoms with Crippen molar-refractivity contribution in [1.29, 1.82) is 0 Å². The maximum atomic E-state index is 12.9. The number of benzene rings is 3. The molecule has 0 bridgehead atoms. The van der Waals surface area contributed by atoms with Gasteiger partial charge in [0, 0.05) is 5.56 Å². The van der Waals surface area contributed by atoms with Gasteiger partial charge in [0.05, 0.1) is 12.3 Å². The van der Waals surface area contributed by atoms with Gasteiger partial charge in [-0.25, -0.2) is 5.43 Å². The molecule has 0 aliphatic rings. The summed E-state index contributed by atoms with van der Waals surface area (Å²) in [5.41, 5.74) is 4.94. The molecule has 0 aliphatic carbocycles. The van der Waals surface area contributed by atoms with E-state index in [0.29, 0.717) is 23.4 Å². The van der Waals surface area contributed by atoms with E-state index in [2.05, 4.69) is 15.8 Å². The first-order chi connectivity index (χ1) is 16.5. The molecular formula is C27H27N3O4. The van der Waals surface area contributed by atoms with Gasteiger partial charge in [-0.1, -0.05) is 37.3 Å². The first-order valence-corrected chi connectivity index (χ1v) is 10.9. The lowest BCUT2D eigenvalue weighted by Gasteiger charge is -2.10. The molecular weight excluding hydrogens is 430 g/mol. The van der Waals surface area contributed by atoms with E-state index in [-0.39, 0.29) is 11.4 Å². The van der Waals surface area contributed by atoms with E-state index in [9.17, 15) is 14.7 Å². The van der Waals surface area contributed by atoms with Crippen molar-refractivity contribution in [3.05, 3.63) is 101 Å². The van der Waals surface area contributed by atoms with Crippen LogP contribution < -0.4 is 15.5 Å². The third kappa shape index (κ3) is 7.06. The number of ether oxygens (including phenoxy) is 1. The molecule has 3 rings (SSSR count). The summed E-state index contributed by atoms with van der Waals surface area (Å²) in [5.74, 6) is -0.120. The highest BCUT2D eigenvalue weighted by Crippen LogP contribution is 2.15. The SMILES string of the molecule is CCCOc1ccc(/C=C(/NC(=O)c2ccccc2)C(=O)N/N=C(\C)c2ccc(O)cc2)cc1. The standard InChI is InChI=1S/C27H27N3O4/c1-3-17-34-24-15-9-20(10-16-24)18-25(28-26(32)22-7-5-4-6-8-22)27(33)30-29-19(2)21-11-13-23(31)14-12-21/h4-16,18,31H,3,17H2,1-2H3,(H,28,32)(H,30,33)/b25-18+,29-19+. The van der Waals surface area contributed by atoms with Crippen LogP contribution in [0.15, 0.2) is 89.7 Å². The van der Waals surface area contributed by atoms with Crippen molar-refractivity contribution >= 4 is 23.6 Å². The highest BCUT2D eigenvalue weighted by atomic mass is 16.5. The van der Waals surface area contributed by atoms with Gasteiger partial charge in [0.1, 0.15) is 17.2 Å². The van der Waals surface area contributed by atoms with E-state index in [0.717, 1.165) is 17.7 Å². The first kappa shape index (κ1) is 24.3. The smallest absolute Gasteiger partial charge is 0.287 e. The predicted octanol–water partition coefficient (Wildman–Crippen LogP) is 4.49. The Kier molecular flexibility index (Phi) is 8.57. The second kappa shape index (κ2) is 12.0. The number of phenolic OH excluding ortho intramolecular Hbond substituents is 1. The van der Waals surface area contributed by atoms with E-state index >= 15 is 0 Å². The van der Waals surface area contributed by atoms with Crippen LogP contribution in [-0.4, -0.2) is 29.2 Å². The summed E-state index contributed by atoms with van der Waals surface area (Å²) in [7, 11) is 0. The van der Waals surface area contributed by atoms with Gasteiger partial charge in [0.25, 0.3) is 11.8 Å². The quantitative estimate of drug-likeness (QED) is 0.250. The molecule has 3 N–H and O–H groups in total. The number of carbonyl (C=O) groups excluding carboxylic acids is 2. The number of rotatable bonds is 9. The zero-order chi connectivity index (χ0) is 24.3. The second-order valence-corrected chi connectivity index (χ2v) is 7.48. The molecule has 7 nitrogen and oxygen atoms in total. The molecule has 174 valence electrons. The van der Waals surface area contributed by atoms with Crippen molar-refractivity contribution < 1.29 is 19.4 Å². The number of hydrogen-bond donors (Lipinski definition) is 3. The van der Waals surface area contributed by atoms with Crippen LogP contribution in [0, 0.1) is 0 Å². The van der Waals surface area contributed by atoms with Gasteiger partial charge in [-0.3, -0.25) is 9.59 Å². The Labute approximate surface area is 198 Å². The van der Waals surface area contributed by atoms with Gasteiger partial charge in [-0.05, 0) is 79.1 Å². The molecule has 0 spiro atoms. The van der Waals surface area contributed by atoms with Crippen LogP contribution in [0.2, 0.25) is 0 Å². The molecule has 2 amide bonds. The Morgan fingerprint density at radius 2 is 1.62 bits per heavy atom. The van der Waals surface area contributed by atoms with Gasteiger partial charge in [-0.15, -0.1) is 0 Å². The lowest BCUT2D eigenvalue weighted by Crippen LogP contribution is -2.33. The zero-order valence-corrected chi connectivity index (χ0v) is 19.1. The zero-order valence-electron chi connectivity index (χ0n) is 19.1. The van der Waals surface area contributed by atoms with E-state index in [1.165, 1.54) is 12.1 Å². The average molecular weight is 458 g/mol. The van der Waals surface area contributed by atoms with Gasteiger partial charge in [0.15, 0.2) is 0 Å². The molecule has 0 atom stereocenters. The molecule has 0 heterocycles. The number of phenols is 1. The number of amides is 2. The number of aromatic hydroxyl groups is 1.